The lowest BCUT2D eigenvalue weighted by Gasteiger charge is -2.35. The second-order valence-electron chi connectivity index (χ2n) is 7.88. The number of pyridine rings is 1. The van der Waals surface area contributed by atoms with E-state index in [2.05, 4.69) is 22.4 Å². The summed E-state index contributed by atoms with van der Waals surface area (Å²) in [6, 6.07) is 29.3. The smallest absolute Gasteiger partial charge is 0.142 e. The van der Waals surface area contributed by atoms with Crippen LogP contribution in [0.1, 0.15) is 34.0 Å². The highest BCUT2D eigenvalue weighted by Crippen LogP contribution is 2.52. The Morgan fingerprint density at radius 3 is 2.00 bits per heavy atom. The van der Waals surface area contributed by atoms with Crippen LogP contribution in [0.25, 0.3) is 11.1 Å². The maximum Gasteiger partial charge on any atom is 0.142 e. The van der Waals surface area contributed by atoms with Crippen molar-refractivity contribution in [3.8, 4) is 11.1 Å². The first-order valence-electron chi connectivity index (χ1n) is 10.3. The maximum atomic E-state index is 12.4. The maximum absolute atomic E-state index is 12.4. The highest BCUT2D eigenvalue weighted by molar-refractivity contribution is 7.80. The van der Waals surface area contributed by atoms with Gasteiger partial charge in [0.1, 0.15) is 16.6 Å². The number of rotatable bonds is 4. The Hall–Kier alpha value is -3.34. The van der Waals surface area contributed by atoms with Gasteiger partial charge in [0, 0.05) is 11.8 Å². The summed E-state index contributed by atoms with van der Waals surface area (Å²) >= 11 is 5.77. The monoisotopic (exact) mass is 422 g/mol. The quantitative estimate of drug-likeness (QED) is 0.437. The fraction of sp³-hybridized carbons (Fsp3) is 0.111. The number of aromatic nitrogens is 1. The molecule has 1 aliphatic rings. The number of nitrogens with one attached hydrogen (secondary N) is 1. The zero-order valence-electron chi connectivity index (χ0n) is 17.1. The summed E-state index contributed by atoms with van der Waals surface area (Å²) in [6.07, 6.45) is 1.75. The van der Waals surface area contributed by atoms with Gasteiger partial charge in [-0.25, -0.2) is 0 Å². The van der Waals surface area contributed by atoms with Crippen molar-refractivity contribution in [3.63, 3.8) is 0 Å². The Kier molecular flexibility index (Phi) is 4.89. The molecule has 0 saturated heterocycles. The molecule has 0 spiro atoms. The number of thiocarbonyl (C=S) groups is 1. The van der Waals surface area contributed by atoms with E-state index in [0.29, 0.717) is 4.99 Å². The second kappa shape index (κ2) is 7.73. The highest BCUT2D eigenvalue weighted by Gasteiger charge is 2.49. The van der Waals surface area contributed by atoms with E-state index in [1.54, 1.807) is 6.20 Å². The zero-order valence-corrected chi connectivity index (χ0v) is 17.9. The molecule has 0 radical (unpaired) electrons. The first kappa shape index (κ1) is 19.6. The predicted molar refractivity (Wildman–Crippen MR) is 128 cm³/mol. The molecule has 3 nitrogen and oxygen atoms in total. The van der Waals surface area contributed by atoms with Gasteiger partial charge in [-0.3, -0.25) is 4.98 Å². The van der Waals surface area contributed by atoms with E-state index in [1.807, 2.05) is 85.8 Å². The first-order valence-corrected chi connectivity index (χ1v) is 10.7. The molecule has 152 valence electrons. The minimum absolute atomic E-state index is 0.563. The standard InChI is InChI=1S/C27H22N2OS/c1-18-13-15-19(16-14-18)26(31)29-25(24-12-6-7-17-28-24)27(30)22-10-4-2-8-20(22)21-9-3-5-11-23(21)27/h2-17,25,30H,1H3,(H,29,31). The molecule has 2 N–H and O–H groups in total. The van der Waals surface area contributed by atoms with Crippen LogP contribution < -0.4 is 5.32 Å². The fourth-order valence-corrected chi connectivity index (χ4v) is 4.67. The van der Waals surface area contributed by atoms with E-state index in [1.165, 1.54) is 5.56 Å². The Labute approximate surface area is 187 Å². The largest absolute Gasteiger partial charge is 0.378 e. The van der Waals surface area contributed by atoms with Gasteiger partial charge in [-0.05, 0) is 41.3 Å². The number of hydrogen-bond acceptors (Lipinski definition) is 3. The van der Waals surface area contributed by atoms with Crippen molar-refractivity contribution in [1.82, 2.24) is 10.3 Å². The van der Waals surface area contributed by atoms with Crippen molar-refractivity contribution in [2.75, 3.05) is 0 Å². The molecule has 0 aliphatic heterocycles. The number of aryl methyl sites for hydroxylation is 1. The Morgan fingerprint density at radius 1 is 0.839 bits per heavy atom. The van der Waals surface area contributed by atoms with Crippen LogP contribution in [0, 0.1) is 6.92 Å². The van der Waals surface area contributed by atoms with Crippen LogP contribution in [0.3, 0.4) is 0 Å². The molecule has 3 aromatic carbocycles. The molecular weight excluding hydrogens is 400 g/mol. The number of nitrogens with zero attached hydrogens (tertiary/aromatic N) is 1. The lowest BCUT2D eigenvalue weighted by molar-refractivity contribution is 0.0470. The van der Waals surface area contributed by atoms with Crippen molar-refractivity contribution in [2.24, 2.45) is 0 Å². The Morgan fingerprint density at radius 2 is 1.42 bits per heavy atom. The van der Waals surface area contributed by atoms with Crippen LogP contribution in [-0.4, -0.2) is 15.1 Å². The van der Waals surface area contributed by atoms with Crippen LogP contribution >= 0.6 is 12.2 Å². The Balaban J connectivity index is 1.67. The lowest BCUT2D eigenvalue weighted by Crippen LogP contribution is -2.44. The molecule has 0 saturated carbocycles. The van der Waals surface area contributed by atoms with E-state index in [-0.39, 0.29) is 0 Å². The van der Waals surface area contributed by atoms with Crippen molar-refractivity contribution in [2.45, 2.75) is 18.6 Å². The highest BCUT2D eigenvalue weighted by atomic mass is 32.1. The van der Waals surface area contributed by atoms with E-state index >= 15 is 0 Å². The molecule has 5 rings (SSSR count). The van der Waals surface area contributed by atoms with Gasteiger partial charge >= 0.3 is 0 Å². The van der Waals surface area contributed by atoms with Crippen LogP contribution in [0.5, 0.6) is 0 Å². The number of benzene rings is 3. The Bertz CT molecular complexity index is 1210. The molecular formula is C27H22N2OS. The third-order valence-electron chi connectivity index (χ3n) is 5.96. The van der Waals surface area contributed by atoms with E-state index in [4.69, 9.17) is 12.2 Å². The average molecular weight is 423 g/mol. The van der Waals surface area contributed by atoms with Gasteiger partial charge in [-0.15, -0.1) is 0 Å². The van der Waals surface area contributed by atoms with Crippen molar-refractivity contribution in [1.29, 1.82) is 0 Å². The molecule has 1 heterocycles. The predicted octanol–water partition coefficient (Wildman–Crippen LogP) is 5.31. The van der Waals surface area contributed by atoms with Gasteiger partial charge in [-0.2, -0.15) is 0 Å². The summed E-state index contributed by atoms with van der Waals surface area (Å²) in [4.78, 5) is 5.17. The van der Waals surface area contributed by atoms with E-state index < -0.39 is 11.6 Å². The fourth-order valence-electron chi connectivity index (χ4n) is 4.42. The molecule has 1 unspecified atom stereocenters. The molecule has 0 amide bonds. The van der Waals surface area contributed by atoms with Gasteiger partial charge in [0.05, 0.1) is 5.69 Å². The molecule has 1 atom stereocenters. The normalized spacial score (nSPS) is 14.4. The topological polar surface area (TPSA) is 45.2 Å². The molecule has 31 heavy (non-hydrogen) atoms. The summed E-state index contributed by atoms with van der Waals surface area (Å²) in [5.74, 6) is 0. The second-order valence-corrected chi connectivity index (χ2v) is 8.29. The summed E-state index contributed by atoms with van der Waals surface area (Å²) in [7, 11) is 0. The average Bonchev–Trinajstić information content (AvgIpc) is 3.08. The molecule has 0 fully saturated rings. The minimum Gasteiger partial charge on any atom is -0.378 e. The molecule has 1 aliphatic carbocycles. The SMILES string of the molecule is Cc1ccc(C(=S)NC(c2ccccn2)C2(O)c3ccccc3-c3ccccc32)cc1. The van der Waals surface area contributed by atoms with Gasteiger partial charge < -0.3 is 10.4 Å². The van der Waals surface area contributed by atoms with Crippen LogP contribution in [0.4, 0.5) is 0 Å². The lowest BCUT2D eigenvalue weighted by atomic mass is 9.82. The van der Waals surface area contributed by atoms with E-state index in [9.17, 15) is 5.11 Å². The summed E-state index contributed by atoms with van der Waals surface area (Å²) < 4.78 is 0. The van der Waals surface area contributed by atoms with Gasteiger partial charge in [-0.1, -0.05) is 96.6 Å². The van der Waals surface area contributed by atoms with Crippen LogP contribution in [0.2, 0.25) is 0 Å². The molecule has 1 aromatic heterocycles. The summed E-state index contributed by atoms with van der Waals surface area (Å²) in [6.45, 7) is 2.05. The first-order chi connectivity index (χ1) is 15.1. The molecule has 0 bridgehead atoms. The van der Waals surface area contributed by atoms with E-state index in [0.717, 1.165) is 33.5 Å². The van der Waals surface area contributed by atoms with Crippen molar-refractivity contribution < 1.29 is 5.11 Å². The van der Waals surface area contributed by atoms with Crippen molar-refractivity contribution in [3.05, 3.63) is 125 Å². The number of aliphatic hydroxyl groups is 1. The zero-order chi connectivity index (χ0) is 21.4. The van der Waals surface area contributed by atoms with Gasteiger partial charge in [0.25, 0.3) is 0 Å². The summed E-state index contributed by atoms with van der Waals surface area (Å²) in [5, 5.41) is 15.8. The summed E-state index contributed by atoms with van der Waals surface area (Å²) in [5.41, 5.74) is 5.25. The van der Waals surface area contributed by atoms with Crippen molar-refractivity contribution >= 4 is 17.2 Å². The third-order valence-corrected chi connectivity index (χ3v) is 6.31. The number of hydrogen-bond donors (Lipinski definition) is 2. The number of fused-ring (bicyclic) bond motifs is 3. The van der Waals surface area contributed by atoms with Crippen LogP contribution in [0.15, 0.2) is 97.2 Å². The minimum atomic E-state index is -1.32. The third kappa shape index (κ3) is 3.25. The molecule has 4 aromatic rings. The van der Waals surface area contributed by atoms with Gasteiger partial charge in [0.15, 0.2) is 0 Å². The van der Waals surface area contributed by atoms with Gasteiger partial charge in [0.2, 0.25) is 0 Å². The molecule has 4 heteroatoms. The van der Waals surface area contributed by atoms with Crippen LogP contribution in [-0.2, 0) is 5.60 Å².